The lowest BCUT2D eigenvalue weighted by Crippen LogP contribution is -2.53. The minimum atomic E-state index is -0.526. The van der Waals surface area contributed by atoms with Crippen molar-refractivity contribution in [2.24, 2.45) is 12.8 Å². The Hall–Kier alpha value is -4.28. The van der Waals surface area contributed by atoms with E-state index in [0.29, 0.717) is 36.2 Å². The summed E-state index contributed by atoms with van der Waals surface area (Å²) >= 11 is 0. The lowest BCUT2D eigenvalue weighted by atomic mass is 9.96. The normalized spacial score (nSPS) is 14.4. The second kappa shape index (κ2) is 11.8. The van der Waals surface area contributed by atoms with Gasteiger partial charge in [0.2, 0.25) is 11.8 Å². The number of hydrogen-bond donors (Lipinski definition) is 1. The molecule has 1 saturated heterocycles. The number of aromatic nitrogens is 4. The first-order chi connectivity index (χ1) is 19.3. The standard InChI is InChI=1S/C30H36N8O2/c1-34-15-17-37(18-16-34)36(3)27(39)14-7-9-23-21-38(24-10-5-4-6-11-24)30(33-23)28-25(22-19-32-35(2)20-22)12-8-13-26(28)29(31)40/h4-6,8,10-13,19-21H,7,9,14-18H2,1-3H3,(H2,31,40). The molecule has 0 atom stereocenters. The molecule has 40 heavy (non-hydrogen) atoms. The highest BCUT2D eigenvalue weighted by atomic mass is 16.2. The Labute approximate surface area is 234 Å². The number of carbonyl (C=O) groups is 2. The summed E-state index contributed by atoms with van der Waals surface area (Å²) in [7, 11) is 5.81. The Balaban J connectivity index is 1.45. The van der Waals surface area contributed by atoms with Crippen LogP contribution in [-0.4, -0.2) is 86.3 Å². The van der Waals surface area contributed by atoms with Crippen molar-refractivity contribution in [2.75, 3.05) is 40.3 Å². The number of carbonyl (C=O) groups excluding carboxylic acids is 2. The van der Waals surface area contributed by atoms with Gasteiger partial charge in [-0.2, -0.15) is 5.10 Å². The number of rotatable bonds is 9. The van der Waals surface area contributed by atoms with Crippen molar-refractivity contribution >= 4 is 11.8 Å². The fraction of sp³-hybridized carbons (Fsp3) is 0.333. The van der Waals surface area contributed by atoms with Crippen molar-refractivity contribution in [3.05, 3.63) is 78.4 Å². The van der Waals surface area contributed by atoms with Crippen molar-refractivity contribution in [3.63, 3.8) is 0 Å². The van der Waals surface area contributed by atoms with Gasteiger partial charge in [0.1, 0.15) is 5.82 Å². The molecule has 2 aromatic heterocycles. The molecule has 1 fully saturated rings. The predicted octanol–water partition coefficient (Wildman–Crippen LogP) is 2.98. The number of amides is 2. The van der Waals surface area contributed by atoms with Crippen LogP contribution in [0.25, 0.3) is 28.2 Å². The molecule has 5 rings (SSSR count). The van der Waals surface area contributed by atoms with Crippen LogP contribution in [0.2, 0.25) is 0 Å². The molecule has 2 aromatic carbocycles. The van der Waals surface area contributed by atoms with Crippen LogP contribution in [-0.2, 0) is 18.3 Å². The maximum absolute atomic E-state index is 12.9. The van der Waals surface area contributed by atoms with Gasteiger partial charge in [0.05, 0.1) is 17.5 Å². The molecule has 0 unspecified atom stereocenters. The Kier molecular flexibility index (Phi) is 8.09. The van der Waals surface area contributed by atoms with Gasteiger partial charge in [-0.3, -0.25) is 23.8 Å². The number of nitrogens with zero attached hydrogens (tertiary/aromatic N) is 7. The largest absolute Gasteiger partial charge is 0.366 e. The number of primary amides is 1. The number of likely N-dealkylation sites (N-methyl/N-ethyl adjacent to an activating group) is 1. The molecular formula is C30H36N8O2. The molecule has 3 heterocycles. The van der Waals surface area contributed by atoms with Crippen molar-refractivity contribution < 1.29 is 9.59 Å². The minimum Gasteiger partial charge on any atom is -0.366 e. The van der Waals surface area contributed by atoms with E-state index >= 15 is 0 Å². The van der Waals surface area contributed by atoms with Crippen LogP contribution in [0.1, 0.15) is 28.9 Å². The Bertz CT molecular complexity index is 1480. The second-order valence-corrected chi connectivity index (χ2v) is 10.3. The fourth-order valence-electron chi connectivity index (χ4n) is 5.15. The van der Waals surface area contributed by atoms with Gasteiger partial charge in [-0.05, 0) is 43.7 Å². The first-order valence-electron chi connectivity index (χ1n) is 13.6. The summed E-state index contributed by atoms with van der Waals surface area (Å²) < 4.78 is 3.72. The minimum absolute atomic E-state index is 0.102. The second-order valence-electron chi connectivity index (χ2n) is 10.3. The summed E-state index contributed by atoms with van der Waals surface area (Å²) in [6.07, 6.45) is 7.37. The van der Waals surface area contributed by atoms with E-state index < -0.39 is 5.91 Å². The van der Waals surface area contributed by atoms with E-state index in [-0.39, 0.29) is 5.91 Å². The van der Waals surface area contributed by atoms with Crippen LogP contribution in [0, 0.1) is 0 Å². The molecule has 2 N–H and O–H groups in total. The van der Waals surface area contributed by atoms with Crippen LogP contribution in [0.5, 0.6) is 0 Å². The molecule has 0 aliphatic carbocycles. The molecule has 10 heteroatoms. The molecule has 1 aliphatic heterocycles. The number of hydrazine groups is 1. The number of piperazine rings is 1. The van der Waals surface area contributed by atoms with E-state index in [2.05, 4.69) is 22.1 Å². The summed E-state index contributed by atoms with van der Waals surface area (Å²) in [5.41, 5.74) is 10.3. The molecule has 1 aliphatic rings. The molecule has 208 valence electrons. The highest BCUT2D eigenvalue weighted by Crippen LogP contribution is 2.36. The molecule has 0 spiro atoms. The smallest absolute Gasteiger partial charge is 0.249 e. The van der Waals surface area contributed by atoms with Gasteiger partial charge >= 0.3 is 0 Å². The van der Waals surface area contributed by atoms with Gasteiger partial charge in [-0.25, -0.2) is 9.99 Å². The first kappa shape index (κ1) is 27.3. The average Bonchev–Trinajstić information content (AvgIpc) is 3.59. The predicted molar refractivity (Wildman–Crippen MR) is 154 cm³/mol. The topological polar surface area (TPSA) is 106 Å². The van der Waals surface area contributed by atoms with E-state index in [0.717, 1.165) is 48.7 Å². The van der Waals surface area contributed by atoms with Crippen molar-refractivity contribution in [2.45, 2.75) is 19.3 Å². The van der Waals surface area contributed by atoms with Gasteiger partial charge in [0.25, 0.3) is 0 Å². The fourth-order valence-corrected chi connectivity index (χ4v) is 5.15. The molecule has 0 radical (unpaired) electrons. The number of nitrogens with two attached hydrogens (primary N) is 1. The third kappa shape index (κ3) is 5.83. The number of aryl methyl sites for hydroxylation is 2. The maximum atomic E-state index is 12.9. The van der Waals surface area contributed by atoms with E-state index in [1.54, 1.807) is 22.0 Å². The van der Waals surface area contributed by atoms with Gasteiger partial charge in [0, 0.05) is 75.9 Å². The third-order valence-electron chi connectivity index (χ3n) is 7.45. The first-order valence-corrected chi connectivity index (χ1v) is 13.6. The number of hydrogen-bond acceptors (Lipinski definition) is 6. The lowest BCUT2D eigenvalue weighted by Gasteiger charge is -2.38. The summed E-state index contributed by atoms with van der Waals surface area (Å²) in [5.74, 6) is 0.197. The van der Waals surface area contributed by atoms with E-state index in [1.165, 1.54) is 0 Å². The van der Waals surface area contributed by atoms with Gasteiger partial charge in [-0.15, -0.1) is 0 Å². The van der Waals surface area contributed by atoms with E-state index in [1.807, 2.05) is 73.5 Å². The molecule has 10 nitrogen and oxygen atoms in total. The highest BCUT2D eigenvalue weighted by molar-refractivity contribution is 6.03. The van der Waals surface area contributed by atoms with Crippen molar-refractivity contribution in [3.8, 4) is 28.2 Å². The zero-order chi connectivity index (χ0) is 28.2. The average molecular weight is 541 g/mol. The van der Waals surface area contributed by atoms with E-state index in [4.69, 9.17) is 10.7 Å². The number of benzene rings is 2. The van der Waals surface area contributed by atoms with E-state index in [9.17, 15) is 9.59 Å². The summed E-state index contributed by atoms with van der Waals surface area (Å²) in [6, 6.07) is 15.4. The van der Waals surface area contributed by atoms with Gasteiger partial charge in [0.15, 0.2) is 0 Å². The summed E-state index contributed by atoms with van der Waals surface area (Å²) in [5, 5.41) is 8.21. The summed E-state index contributed by atoms with van der Waals surface area (Å²) in [6.45, 7) is 3.60. The Morgan fingerprint density at radius 1 is 0.975 bits per heavy atom. The molecule has 0 bridgehead atoms. The Morgan fingerprint density at radius 2 is 1.73 bits per heavy atom. The van der Waals surface area contributed by atoms with Crippen LogP contribution >= 0.6 is 0 Å². The maximum Gasteiger partial charge on any atom is 0.249 e. The highest BCUT2D eigenvalue weighted by Gasteiger charge is 2.24. The third-order valence-corrected chi connectivity index (χ3v) is 7.45. The van der Waals surface area contributed by atoms with Crippen LogP contribution in [0.4, 0.5) is 0 Å². The molecule has 0 saturated carbocycles. The van der Waals surface area contributed by atoms with Crippen LogP contribution in [0.3, 0.4) is 0 Å². The lowest BCUT2D eigenvalue weighted by molar-refractivity contribution is -0.148. The molecular weight excluding hydrogens is 504 g/mol. The number of imidazole rings is 1. The number of para-hydroxylation sites is 1. The Morgan fingerprint density at radius 3 is 2.40 bits per heavy atom. The molecule has 4 aromatic rings. The monoisotopic (exact) mass is 540 g/mol. The van der Waals surface area contributed by atoms with Crippen LogP contribution < -0.4 is 5.73 Å². The van der Waals surface area contributed by atoms with Crippen LogP contribution in [0.15, 0.2) is 67.1 Å². The SMILES string of the molecule is CN1CCN(N(C)C(=O)CCCc2cn(-c3ccccc3)c(-c3c(C(N)=O)cccc3-c3cnn(C)c3)n2)CC1. The van der Waals surface area contributed by atoms with Gasteiger partial charge < -0.3 is 10.6 Å². The molecule has 2 amide bonds. The zero-order valence-electron chi connectivity index (χ0n) is 23.3. The van der Waals surface area contributed by atoms with Gasteiger partial charge in [-0.1, -0.05) is 30.3 Å². The zero-order valence-corrected chi connectivity index (χ0v) is 23.3. The quantitative estimate of drug-likeness (QED) is 0.350. The summed E-state index contributed by atoms with van der Waals surface area (Å²) in [4.78, 5) is 32.8. The van der Waals surface area contributed by atoms with Crippen molar-refractivity contribution in [1.82, 2.24) is 34.2 Å². The van der Waals surface area contributed by atoms with Crippen molar-refractivity contribution in [1.29, 1.82) is 0 Å².